The lowest BCUT2D eigenvalue weighted by Gasteiger charge is -2.27. The van der Waals surface area contributed by atoms with Gasteiger partial charge in [-0.2, -0.15) is 0 Å². The fourth-order valence-corrected chi connectivity index (χ4v) is 3.40. The van der Waals surface area contributed by atoms with Gasteiger partial charge in [-0.25, -0.2) is 18.2 Å². The highest BCUT2D eigenvalue weighted by Crippen LogP contribution is 2.19. The second kappa shape index (κ2) is 5.88. The number of carboxylic acid groups (broad SMARTS) is 1. The van der Waals surface area contributed by atoms with Gasteiger partial charge >= 0.3 is 5.97 Å². The zero-order chi connectivity index (χ0) is 14.8. The first kappa shape index (κ1) is 14.9. The van der Waals surface area contributed by atoms with Gasteiger partial charge in [0.15, 0.2) is 0 Å². The van der Waals surface area contributed by atoms with Crippen molar-refractivity contribution in [1.29, 1.82) is 0 Å². The Morgan fingerprint density at radius 2 is 2.00 bits per heavy atom. The van der Waals surface area contributed by atoms with E-state index in [1.54, 1.807) is 5.01 Å². The van der Waals surface area contributed by atoms with E-state index in [9.17, 15) is 13.2 Å². The van der Waals surface area contributed by atoms with Crippen LogP contribution in [-0.4, -0.2) is 50.8 Å². The molecule has 0 saturated carbocycles. The molecule has 0 unspecified atom stereocenters. The fourth-order valence-electron chi connectivity index (χ4n) is 2.01. The van der Waals surface area contributed by atoms with Gasteiger partial charge in [-0.05, 0) is 24.6 Å². The van der Waals surface area contributed by atoms with Crippen molar-refractivity contribution >= 4 is 16.0 Å². The first-order valence-electron chi connectivity index (χ1n) is 6.10. The monoisotopic (exact) mass is 300 g/mol. The highest BCUT2D eigenvalue weighted by Gasteiger charge is 2.23. The number of nitrogens with one attached hydrogen (secondary N) is 1. The van der Waals surface area contributed by atoms with Gasteiger partial charge in [-0.3, -0.25) is 0 Å². The predicted octanol–water partition coefficient (Wildman–Crippen LogP) is 0.219. The molecule has 0 amide bonds. The van der Waals surface area contributed by atoms with E-state index >= 15 is 0 Å². The van der Waals surface area contributed by atoms with Gasteiger partial charge in [0, 0.05) is 13.1 Å². The molecule has 20 heavy (non-hydrogen) atoms. The minimum Gasteiger partial charge on any atom is -0.478 e. The van der Waals surface area contributed by atoms with Gasteiger partial charge in [0.2, 0.25) is 0 Å². The van der Waals surface area contributed by atoms with Gasteiger partial charge < -0.3 is 9.84 Å². The quantitative estimate of drug-likeness (QED) is 0.826. The molecular weight excluding hydrogens is 284 g/mol. The SMILES string of the molecule is Cc1c(C(=O)O)cccc1S(=O)(=O)NN1CCOCC1. The van der Waals surface area contributed by atoms with Crippen molar-refractivity contribution in [3.05, 3.63) is 29.3 Å². The number of hydrogen-bond donors (Lipinski definition) is 2. The zero-order valence-corrected chi connectivity index (χ0v) is 11.8. The molecule has 1 aromatic rings. The molecule has 110 valence electrons. The first-order chi connectivity index (χ1) is 9.42. The molecule has 1 aliphatic heterocycles. The smallest absolute Gasteiger partial charge is 0.335 e. The second-order valence-corrected chi connectivity index (χ2v) is 6.06. The largest absolute Gasteiger partial charge is 0.478 e. The molecule has 0 aliphatic carbocycles. The summed E-state index contributed by atoms with van der Waals surface area (Å²) < 4.78 is 29.8. The molecule has 0 bridgehead atoms. The molecule has 1 fully saturated rings. The maximum absolute atomic E-state index is 12.3. The van der Waals surface area contributed by atoms with Crippen LogP contribution in [0.5, 0.6) is 0 Å². The normalized spacial score (nSPS) is 17.1. The number of ether oxygens (including phenoxy) is 1. The third-order valence-electron chi connectivity index (χ3n) is 3.06. The molecule has 2 N–H and O–H groups in total. The third-order valence-corrected chi connectivity index (χ3v) is 4.58. The van der Waals surface area contributed by atoms with E-state index < -0.39 is 16.0 Å². The number of benzene rings is 1. The first-order valence-corrected chi connectivity index (χ1v) is 7.58. The Morgan fingerprint density at radius 1 is 1.35 bits per heavy atom. The molecule has 2 rings (SSSR count). The Bertz CT molecular complexity index is 608. The van der Waals surface area contributed by atoms with Gasteiger partial charge in [-0.1, -0.05) is 6.07 Å². The Hall–Kier alpha value is -1.48. The molecule has 1 heterocycles. The van der Waals surface area contributed by atoms with E-state index in [1.165, 1.54) is 25.1 Å². The van der Waals surface area contributed by atoms with Crippen molar-refractivity contribution in [3.63, 3.8) is 0 Å². The van der Waals surface area contributed by atoms with E-state index in [2.05, 4.69) is 4.83 Å². The molecule has 0 atom stereocenters. The van der Waals surface area contributed by atoms with E-state index in [4.69, 9.17) is 9.84 Å². The molecule has 0 spiro atoms. The van der Waals surface area contributed by atoms with Crippen LogP contribution < -0.4 is 4.83 Å². The number of carbonyl (C=O) groups is 1. The molecule has 8 heteroatoms. The summed E-state index contributed by atoms with van der Waals surface area (Å²) in [7, 11) is -3.79. The fraction of sp³-hybridized carbons (Fsp3) is 0.417. The minimum atomic E-state index is -3.79. The number of carboxylic acids is 1. The van der Waals surface area contributed by atoms with Gasteiger partial charge in [0.1, 0.15) is 0 Å². The minimum absolute atomic E-state index is 0.0187. The summed E-state index contributed by atoms with van der Waals surface area (Å²) in [6, 6.07) is 4.19. The lowest BCUT2D eigenvalue weighted by molar-refractivity contribution is 0.0272. The Kier molecular flexibility index (Phi) is 4.39. The third kappa shape index (κ3) is 3.15. The average molecular weight is 300 g/mol. The predicted molar refractivity (Wildman–Crippen MR) is 70.9 cm³/mol. The Morgan fingerprint density at radius 3 is 2.60 bits per heavy atom. The number of rotatable bonds is 4. The maximum atomic E-state index is 12.3. The van der Waals surface area contributed by atoms with E-state index in [0.29, 0.717) is 26.3 Å². The molecule has 1 aromatic carbocycles. The van der Waals surface area contributed by atoms with Crippen LogP contribution in [0.25, 0.3) is 0 Å². The number of sulfonamides is 1. The second-order valence-electron chi connectivity index (χ2n) is 4.43. The van der Waals surface area contributed by atoms with Crippen LogP contribution in [0.15, 0.2) is 23.1 Å². The van der Waals surface area contributed by atoms with Crippen LogP contribution in [0.4, 0.5) is 0 Å². The summed E-state index contributed by atoms with van der Waals surface area (Å²) in [5.41, 5.74) is 0.204. The van der Waals surface area contributed by atoms with Gasteiger partial charge in [0.25, 0.3) is 10.0 Å². The summed E-state index contributed by atoms with van der Waals surface area (Å²) in [6.45, 7) is 3.30. The van der Waals surface area contributed by atoms with E-state index in [0.717, 1.165) is 0 Å². The summed E-state index contributed by atoms with van der Waals surface area (Å²) in [5.74, 6) is -1.15. The topological polar surface area (TPSA) is 95.9 Å². The van der Waals surface area contributed by atoms with Crippen molar-refractivity contribution in [2.24, 2.45) is 0 Å². The molecule has 1 aliphatic rings. The van der Waals surface area contributed by atoms with Crippen molar-refractivity contribution in [2.75, 3.05) is 26.3 Å². The van der Waals surface area contributed by atoms with Crippen LogP contribution in [0.1, 0.15) is 15.9 Å². The maximum Gasteiger partial charge on any atom is 0.335 e. The molecule has 0 aromatic heterocycles. The number of morpholine rings is 1. The number of hydrogen-bond acceptors (Lipinski definition) is 5. The highest BCUT2D eigenvalue weighted by molar-refractivity contribution is 7.89. The standard InChI is InChI=1S/C12H16N2O5S/c1-9-10(12(15)16)3-2-4-11(9)20(17,18)13-14-5-7-19-8-6-14/h2-4,13H,5-8H2,1H3,(H,15,16). The molecule has 0 radical (unpaired) electrons. The highest BCUT2D eigenvalue weighted by atomic mass is 32.2. The van der Waals surface area contributed by atoms with Crippen LogP contribution in [0.2, 0.25) is 0 Å². The molecular formula is C12H16N2O5S. The Balaban J connectivity index is 2.29. The molecule has 1 saturated heterocycles. The molecule has 7 nitrogen and oxygen atoms in total. The average Bonchev–Trinajstić information content (AvgIpc) is 2.39. The van der Waals surface area contributed by atoms with Crippen LogP contribution in [0.3, 0.4) is 0 Å². The van der Waals surface area contributed by atoms with Crippen LogP contribution >= 0.6 is 0 Å². The lowest BCUT2D eigenvalue weighted by Crippen LogP contribution is -2.48. The summed E-state index contributed by atoms with van der Waals surface area (Å²) >= 11 is 0. The van der Waals surface area contributed by atoms with Gasteiger partial charge in [-0.15, -0.1) is 4.83 Å². The van der Waals surface area contributed by atoms with Crippen molar-refractivity contribution in [1.82, 2.24) is 9.84 Å². The van der Waals surface area contributed by atoms with E-state index in [1.807, 2.05) is 0 Å². The van der Waals surface area contributed by atoms with Crippen molar-refractivity contribution in [3.8, 4) is 0 Å². The summed E-state index contributed by atoms with van der Waals surface area (Å²) in [4.78, 5) is 13.5. The van der Waals surface area contributed by atoms with Crippen molar-refractivity contribution < 1.29 is 23.1 Å². The number of aromatic carboxylic acids is 1. The van der Waals surface area contributed by atoms with E-state index in [-0.39, 0.29) is 16.0 Å². The summed E-state index contributed by atoms with van der Waals surface area (Å²) in [5, 5.41) is 10.6. The lowest BCUT2D eigenvalue weighted by atomic mass is 10.1. The van der Waals surface area contributed by atoms with Crippen LogP contribution in [0, 0.1) is 6.92 Å². The zero-order valence-electron chi connectivity index (χ0n) is 11.0. The van der Waals surface area contributed by atoms with Crippen molar-refractivity contribution in [2.45, 2.75) is 11.8 Å². The number of hydrazine groups is 1. The van der Waals surface area contributed by atoms with Gasteiger partial charge in [0.05, 0.1) is 23.7 Å². The summed E-state index contributed by atoms with van der Waals surface area (Å²) in [6.07, 6.45) is 0. The van der Waals surface area contributed by atoms with Crippen LogP contribution in [-0.2, 0) is 14.8 Å². The number of nitrogens with zero attached hydrogens (tertiary/aromatic N) is 1. The Labute approximate surface area is 117 Å².